The first-order valence-corrected chi connectivity index (χ1v) is 11.9. The predicted octanol–water partition coefficient (Wildman–Crippen LogP) is 2.16. The lowest BCUT2D eigenvalue weighted by atomic mass is 9.89. The van der Waals surface area contributed by atoms with Gasteiger partial charge in [0, 0.05) is 39.3 Å². The zero-order chi connectivity index (χ0) is 22.5. The van der Waals surface area contributed by atoms with Gasteiger partial charge in [0.15, 0.2) is 6.23 Å². The Morgan fingerprint density at radius 2 is 1.78 bits per heavy atom. The minimum Gasteiger partial charge on any atom is -0.480 e. The molecular formula is C24H36N4O4. The molecule has 2 atom stereocenters. The Labute approximate surface area is 190 Å². The van der Waals surface area contributed by atoms with Crippen molar-refractivity contribution in [2.45, 2.75) is 44.5 Å². The summed E-state index contributed by atoms with van der Waals surface area (Å²) in [5.74, 6) is -0.0810. The van der Waals surface area contributed by atoms with Crippen LogP contribution in [0.2, 0.25) is 0 Å². The molecule has 0 saturated carbocycles. The monoisotopic (exact) mass is 444 g/mol. The van der Waals surface area contributed by atoms with Crippen LogP contribution in [0.5, 0.6) is 0 Å². The van der Waals surface area contributed by atoms with Gasteiger partial charge < -0.3 is 14.7 Å². The van der Waals surface area contributed by atoms with Gasteiger partial charge in [-0.05, 0) is 50.3 Å². The summed E-state index contributed by atoms with van der Waals surface area (Å²) in [4.78, 5) is 31.6. The van der Waals surface area contributed by atoms with E-state index in [1.807, 2.05) is 4.90 Å². The molecule has 1 amide bonds. The van der Waals surface area contributed by atoms with Crippen LogP contribution in [-0.4, -0.2) is 102 Å². The summed E-state index contributed by atoms with van der Waals surface area (Å²) in [7, 11) is 1.77. The number of likely N-dealkylation sites (N-methyl/N-ethyl adjacent to an activating group) is 1. The number of nitrogens with zero attached hydrogens (tertiary/aromatic N) is 4. The van der Waals surface area contributed by atoms with E-state index in [0.717, 1.165) is 45.6 Å². The number of ether oxygens (including phenoxy) is 1. The van der Waals surface area contributed by atoms with Crippen LogP contribution in [0.25, 0.3) is 0 Å². The van der Waals surface area contributed by atoms with Crippen LogP contribution in [0, 0.1) is 5.92 Å². The number of piperidine rings is 1. The fourth-order valence-electron chi connectivity index (χ4n) is 5.33. The van der Waals surface area contributed by atoms with Gasteiger partial charge in [0.1, 0.15) is 0 Å². The minimum atomic E-state index is -0.782. The SMILES string of the molecule is CN1CC(N2CCN(CC(=O)O)CC2CCC2CCN(Cc3ccccc3)CC2)OC1=O. The Hall–Kier alpha value is -2.16. The highest BCUT2D eigenvalue weighted by Gasteiger charge is 2.39. The average molecular weight is 445 g/mol. The normalized spacial score (nSPS) is 26.4. The van der Waals surface area contributed by atoms with Crippen molar-refractivity contribution in [2.75, 3.05) is 52.9 Å². The molecule has 8 nitrogen and oxygen atoms in total. The van der Waals surface area contributed by atoms with Crippen molar-refractivity contribution in [3.63, 3.8) is 0 Å². The molecule has 1 aromatic carbocycles. The van der Waals surface area contributed by atoms with E-state index in [9.17, 15) is 14.7 Å². The molecule has 3 aliphatic heterocycles. The van der Waals surface area contributed by atoms with Crippen LogP contribution in [-0.2, 0) is 16.1 Å². The highest BCUT2D eigenvalue weighted by atomic mass is 16.6. The second kappa shape index (κ2) is 10.6. The van der Waals surface area contributed by atoms with Gasteiger partial charge in [-0.3, -0.25) is 19.5 Å². The van der Waals surface area contributed by atoms with Crippen LogP contribution in [0.15, 0.2) is 30.3 Å². The molecule has 0 aliphatic carbocycles. The lowest BCUT2D eigenvalue weighted by molar-refractivity contribution is -0.139. The number of aliphatic carboxylic acids is 1. The maximum atomic E-state index is 11.9. The van der Waals surface area contributed by atoms with Gasteiger partial charge >= 0.3 is 12.1 Å². The third-order valence-electron chi connectivity index (χ3n) is 7.18. The van der Waals surface area contributed by atoms with Gasteiger partial charge in [-0.1, -0.05) is 30.3 Å². The molecule has 0 aromatic heterocycles. The lowest BCUT2D eigenvalue weighted by Crippen LogP contribution is -2.58. The number of carboxylic acids is 1. The summed E-state index contributed by atoms with van der Waals surface area (Å²) in [6, 6.07) is 10.9. The van der Waals surface area contributed by atoms with E-state index in [-0.39, 0.29) is 24.9 Å². The van der Waals surface area contributed by atoms with Gasteiger partial charge in [0.25, 0.3) is 0 Å². The van der Waals surface area contributed by atoms with E-state index in [0.29, 0.717) is 19.0 Å². The zero-order valence-electron chi connectivity index (χ0n) is 19.1. The number of carboxylic acid groups (broad SMARTS) is 1. The molecule has 3 saturated heterocycles. The molecule has 3 heterocycles. The quantitative estimate of drug-likeness (QED) is 0.658. The standard InChI is InChI=1S/C24H36N4O4/c1-25-17-22(32-24(25)31)28-14-13-27(18-23(29)30)16-21(28)8-7-19-9-11-26(12-10-19)15-20-5-3-2-4-6-20/h2-6,19,21-22H,7-18H2,1H3,(H,29,30). The van der Waals surface area contributed by atoms with E-state index in [1.165, 1.54) is 18.4 Å². The largest absolute Gasteiger partial charge is 0.480 e. The summed E-state index contributed by atoms with van der Waals surface area (Å²) >= 11 is 0. The van der Waals surface area contributed by atoms with Crippen LogP contribution >= 0.6 is 0 Å². The second-order valence-corrected chi connectivity index (χ2v) is 9.52. The molecule has 8 heteroatoms. The number of carbonyl (C=O) groups is 2. The summed E-state index contributed by atoms with van der Waals surface area (Å²) < 4.78 is 5.59. The number of hydrogen-bond acceptors (Lipinski definition) is 6. The van der Waals surface area contributed by atoms with Crippen LogP contribution < -0.4 is 0 Å². The van der Waals surface area contributed by atoms with Crippen molar-refractivity contribution < 1.29 is 19.4 Å². The number of amides is 1. The first-order valence-electron chi connectivity index (χ1n) is 11.9. The van der Waals surface area contributed by atoms with Gasteiger partial charge in [-0.15, -0.1) is 0 Å². The summed E-state index contributed by atoms with van der Waals surface area (Å²) in [6.45, 7) is 6.08. The second-order valence-electron chi connectivity index (χ2n) is 9.52. The number of hydrogen-bond donors (Lipinski definition) is 1. The highest BCUT2D eigenvalue weighted by molar-refractivity contribution is 5.69. The van der Waals surface area contributed by atoms with Crippen LogP contribution in [0.4, 0.5) is 4.79 Å². The van der Waals surface area contributed by atoms with Crippen molar-refractivity contribution in [3.8, 4) is 0 Å². The van der Waals surface area contributed by atoms with Crippen molar-refractivity contribution in [1.82, 2.24) is 19.6 Å². The number of benzene rings is 1. The summed E-state index contributed by atoms with van der Waals surface area (Å²) in [5.41, 5.74) is 1.37. The average Bonchev–Trinajstić information content (AvgIpc) is 3.12. The van der Waals surface area contributed by atoms with E-state index >= 15 is 0 Å². The van der Waals surface area contributed by atoms with Gasteiger partial charge in [0.05, 0.1) is 13.1 Å². The zero-order valence-corrected chi connectivity index (χ0v) is 19.1. The fourth-order valence-corrected chi connectivity index (χ4v) is 5.33. The molecule has 176 valence electrons. The molecular weight excluding hydrogens is 408 g/mol. The van der Waals surface area contributed by atoms with Gasteiger partial charge in [-0.25, -0.2) is 4.79 Å². The number of rotatable bonds is 8. The Kier molecular flexibility index (Phi) is 7.65. The molecule has 1 N–H and O–H groups in total. The molecule has 0 radical (unpaired) electrons. The van der Waals surface area contributed by atoms with Gasteiger partial charge in [-0.2, -0.15) is 0 Å². The van der Waals surface area contributed by atoms with Crippen molar-refractivity contribution in [2.24, 2.45) is 5.92 Å². The first-order chi connectivity index (χ1) is 15.5. The predicted molar refractivity (Wildman–Crippen MR) is 121 cm³/mol. The van der Waals surface area contributed by atoms with Crippen LogP contribution in [0.3, 0.4) is 0 Å². The highest BCUT2D eigenvalue weighted by Crippen LogP contribution is 2.28. The maximum absolute atomic E-state index is 11.9. The van der Waals surface area contributed by atoms with E-state index < -0.39 is 5.97 Å². The summed E-state index contributed by atoms with van der Waals surface area (Å²) in [5, 5.41) is 9.23. The number of carbonyl (C=O) groups excluding carboxylic acids is 1. The molecule has 3 aliphatic rings. The maximum Gasteiger partial charge on any atom is 0.411 e. The topological polar surface area (TPSA) is 76.6 Å². The van der Waals surface area contributed by atoms with E-state index in [2.05, 4.69) is 40.1 Å². The smallest absolute Gasteiger partial charge is 0.411 e. The molecule has 32 heavy (non-hydrogen) atoms. The fraction of sp³-hybridized carbons (Fsp3) is 0.667. The Morgan fingerprint density at radius 1 is 1.03 bits per heavy atom. The number of likely N-dealkylation sites (tertiary alicyclic amines) is 1. The third-order valence-corrected chi connectivity index (χ3v) is 7.18. The molecule has 0 bridgehead atoms. The lowest BCUT2D eigenvalue weighted by Gasteiger charge is -2.43. The van der Waals surface area contributed by atoms with E-state index in [4.69, 9.17) is 4.74 Å². The molecule has 2 unspecified atom stereocenters. The Bertz CT molecular complexity index is 769. The van der Waals surface area contributed by atoms with Crippen LogP contribution in [0.1, 0.15) is 31.2 Å². The molecule has 0 spiro atoms. The van der Waals surface area contributed by atoms with Crippen molar-refractivity contribution in [3.05, 3.63) is 35.9 Å². The molecule has 4 rings (SSSR count). The summed E-state index contributed by atoms with van der Waals surface area (Å²) in [6.07, 6.45) is 4.07. The van der Waals surface area contributed by atoms with Gasteiger partial charge in [0.2, 0.25) is 0 Å². The van der Waals surface area contributed by atoms with E-state index in [1.54, 1.807) is 11.9 Å². The molecule has 3 fully saturated rings. The molecule has 1 aromatic rings. The van der Waals surface area contributed by atoms with Crippen molar-refractivity contribution >= 4 is 12.1 Å². The Balaban J connectivity index is 1.28. The van der Waals surface area contributed by atoms with Crippen molar-refractivity contribution in [1.29, 1.82) is 0 Å². The third kappa shape index (κ3) is 5.99. The number of piperazine rings is 1. The first kappa shape index (κ1) is 23.0. The minimum absolute atomic E-state index is 0.0760. The number of cyclic esters (lactones) is 1. The Morgan fingerprint density at radius 3 is 2.44 bits per heavy atom.